The lowest BCUT2D eigenvalue weighted by Crippen LogP contribution is -2.43. The molecule has 2 saturated heterocycles. The Hall–Kier alpha value is -2.57. The zero-order valence-electron chi connectivity index (χ0n) is 18.2. The van der Waals surface area contributed by atoms with Crippen LogP contribution in [0.3, 0.4) is 0 Å². The first kappa shape index (κ1) is 22.1. The Balaban J connectivity index is 1.42. The standard InChI is InChI=1S/C23H32N2O5/c1-23(2,3)30-22(28)25-14-10-19(11-15-25)21(27)29-16-17-6-8-18(9-7-17)20(26)24-12-4-5-13-24/h6-9,19H,4-5,10-16H2,1-3H3. The van der Waals surface area contributed by atoms with Gasteiger partial charge >= 0.3 is 12.1 Å². The molecule has 7 nitrogen and oxygen atoms in total. The number of esters is 1. The van der Waals surface area contributed by atoms with E-state index in [1.165, 1.54) is 0 Å². The van der Waals surface area contributed by atoms with Crippen molar-refractivity contribution in [2.45, 2.75) is 58.7 Å². The SMILES string of the molecule is CC(C)(C)OC(=O)N1CCC(C(=O)OCc2ccc(C(=O)N3CCCC3)cc2)CC1. The van der Waals surface area contributed by atoms with Crippen molar-refractivity contribution in [3.63, 3.8) is 0 Å². The van der Waals surface area contributed by atoms with Crippen molar-refractivity contribution in [3.05, 3.63) is 35.4 Å². The third-order valence-corrected chi connectivity index (χ3v) is 5.46. The first-order chi connectivity index (χ1) is 14.2. The second-order valence-electron chi connectivity index (χ2n) is 9.05. The Morgan fingerprint density at radius 1 is 0.933 bits per heavy atom. The predicted octanol–water partition coefficient (Wildman–Crippen LogP) is 3.61. The summed E-state index contributed by atoms with van der Waals surface area (Å²) < 4.78 is 10.9. The second-order valence-corrected chi connectivity index (χ2v) is 9.05. The summed E-state index contributed by atoms with van der Waals surface area (Å²) in [5.41, 5.74) is 0.996. The maximum atomic E-state index is 12.4. The topological polar surface area (TPSA) is 76.1 Å². The fourth-order valence-corrected chi connectivity index (χ4v) is 3.74. The minimum atomic E-state index is -0.526. The Labute approximate surface area is 178 Å². The van der Waals surface area contributed by atoms with E-state index in [2.05, 4.69) is 0 Å². The number of hydrogen-bond donors (Lipinski definition) is 0. The van der Waals surface area contributed by atoms with E-state index in [-0.39, 0.29) is 30.5 Å². The molecular weight excluding hydrogens is 384 g/mol. The average Bonchev–Trinajstić information content (AvgIpc) is 3.25. The molecule has 2 amide bonds. The molecule has 3 rings (SSSR count). The van der Waals surface area contributed by atoms with Crippen LogP contribution in [0.4, 0.5) is 4.79 Å². The summed E-state index contributed by atoms with van der Waals surface area (Å²) in [7, 11) is 0. The second kappa shape index (κ2) is 9.49. The summed E-state index contributed by atoms with van der Waals surface area (Å²) in [5.74, 6) is -0.386. The highest BCUT2D eigenvalue weighted by atomic mass is 16.6. The molecule has 0 atom stereocenters. The van der Waals surface area contributed by atoms with Gasteiger partial charge in [0.25, 0.3) is 5.91 Å². The molecule has 0 N–H and O–H groups in total. The number of piperidine rings is 1. The molecular formula is C23H32N2O5. The van der Waals surface area contributed by atoms with E-state index in [9.17, 15) is 14.4 Å². The average molecular weight is 417 g/mol. The van der Waals surface area contributed by atoms with E-state index in [1.54, 1.807) is 17.0 Å². The molecule has 2 heterocycles. The highest BCUT2D eigenvalue weighted by Gasteiger charge is 2.30. The summed E-state index contributed by atoms with van der Waals surface area (Å²) in [4.78, 5) is 40.4. The van der Waals surface area contributed by atoms with Crippen LogP contribution in [-0.2, 0) is 20.9 Å². The number of ether oxygens (including phenoxy) is 2. The molecule has 2 aliphatic rings. The number of benzene rings is 1. The largest absolute Gasteiger partial charge is 0.461 e. The molecule has 164 valence electrons. The minimum absolute atomic E-state index is 0.0628. The van der Waals surface area contributed by atoms with Crippen molar-refractivity contribution < 1.29 is 23.9 Å². The fourth-order valence-electron chi connectivity index (χ4n) is 3.74. The van der Waals surface area contributed by atoms with Gasteiger partial charge in [-0.2, -0.15) is 0 Å². The molecule has 0 aromatic heterocycles. The number of carbonyl (C=O) groups is 3. The van der Waals surface area contributed by atoms with Crippen LogP contribution in [0.15, 0.2) is 24.3 Å². The van der Waals surface area contributed by atoms with Gasteiger partial charge in [-0.3, -0.25) is 9.59 Å². The monoisotopic (exact) mass is 416 g/mol. The summed E-state index contributed by atoms with van der Waals surface area (Å²) in [5, 5.41) is 0. The van der Waals surface area contributed by atoms with E-state index < -0.39 is 5.60 Å². The molecule has 2 fully saturated rings. The molecule has 0 bridgehead atoms. The molecule has 7 heteroatoms. The summed E-state index contributed by atoms with van der Waals surface area (Å²) in [6.07, 6.45) is 2.94. The number of nitrogens with zero attached hydrogens (tertiary/aromatic N) is 2. The van der Waals surface area contributed by atoms with Gasteiger partial charge < -0.3 is 19.3 Å². The van der Waals surface area contributed by atoms with Crippen molar-refractivity contribution in [1.29, 1.82) is 0 Å². The van der Waals surface area contributed by atoms with E-state index in [1.807, 2.05) is 37.8 Å². The molecule has 1 aromatic rings. The van der Waals surface area contributed by atoms with Crippen LogP contribution in [-0.4, -0.2) is 59.5 Å². The summed E-state index contributed by atoms with van der Waals surface area (Å²) >= 11 is 0. The third kappa shape index (κ3) is 5.97. The van der Waals surface area contributed by atoms with Gasteiger partial charge in [0.2, 0.25) is 0 Å². The predicted molar refractivity (Wildman–Crippen MR) is 112 cm³/mol. The van der Waals surface area contributed by atoms with Gasteiger partial charge in [-0.1, -0.05) is 12.1 Å². The smallest absolute Gasteiger partial charge is 0.410 e. The van der Waals surface area contributed by atoms with Crippen LogP contribution in [0, 0.1) is 5.92 Å². The zero-order valence-corrected chi connectivity index (χ0v) is 18.2. The first-order valence-corrected chi connectivity index (χ1v) is 10.8. The lowest BCUT2D eigenvalue weighted by molar-refractivity contribution is -0.151. The van der Waals surface area contributed by atoms with E-state index in [4.69, 9.17) is 9.47 Å². The third-order valence-electron chi connectivity index (χ3n) is 5.46. The fraction of sp³-hybridized carbons (Fsp3) is 0.609. The molecule has 0 saturated carbocycles. The molecule has 1 aromatic carbocycles. The Bertz CT molecular complexity index is 755. The van der Waals surface area contributed by atoms with Crippen LogP contribution >= 0.6 is 0 Å². The Morgan fingerprint density at radius 3 is 2.10 bits per heavy atom. The Morgan fingerprint density at radius 2 is 1.53 bits per heavy atom. The van der Waals surface area contributed by atoms with Crippen molar-refractivity contribution >= 4 is 18.0 Å². The molecule has 0 unspecified atom stereocenters. The quantitative estimate of drug-likeness (QED) is 0.701. The van der Waals surface area contributed by atoms with Gasteiger partial charge in [-0.25, -0.2) is 4.79 Å². The van der Waals surface area contributed by atoms with Crippen molar-refractivity contribution in [2.24, 2.45) is 5.92 Å². The molecule has 2 aliphatic heterocycles. The van der Waals surface area contributed by atoms with Crippen LogP contribution in [0.5, 0.6) is 0 Å². The van der Waals surface area contributed by atoms with Gasteiger partial charge in [0.1, 0.15) is 12.2 Å². The zero-order chi connectivity index (χ0) is 21.7. The van der Waals surface area contributed by atoms with Crippen LogP contribution in [0.1, 0.15) is 62.4 Å². The number of carbonyl (C=O) groups excluding carboxylic acids is 3. The maximum Gasteiger partial charge on any atom is 0.410 e. The normalized spacial score (nSPS) is 17.7. The molecule has 0 radical (unpaired) electrons. The van der Waals surface area contributed by atoms with Gasteiger partial charge in [0.15, 0.2) is 0 Å². The lowest BCUT2D eigenvalue weighted by atomic mass is 9.97. The lowest BCUT2D eigenvalue weighted by Gasteiger charge is -2.32. The van der Waals surface area contributed by atoms with Crippen molar-refractivity contribution in [2.75, 3.05) is 26.2 Å². The van der Waals surface area contributed by atoms with E-state index in [0.29, 0.717) is 31.5 Å². The van der Waals surface area contributed by atoms with Gasteiger partial charge in [0.05, 0.1) is 5.92 Å². The number of likely N-dealkylation sites (tertiary alicyclic amines) is 2. The first-order valence-electron chi connectivity index (χ1n) is 10.8. The summed E-state index contributed by atoms with van der Waals surface area (Å²) in [6.45, 7) is 8.32. The maximum absolute atomic E-state index is 12.4. The highest BCUT2D eigenvalue weighted by Crippen LogP contribution is 2.21. The van der Waals surface area contributed by atoms with Crippen molar-refractivity contribution in [3.8, 4) is 0 Å². The van der Waals surface area contributed by atoms with Gasteiger partial charge in [-0.05, 0) is 64.2 Å². The van der Waals surface area contributed by atoms with Crippen molar-refractivity contribution in [1.82, 2.24) is 9.80 Å². The molecule has 0 spiro atoms. The minimum Gasteiger partial charge on any atom is -0.461 e. The highest BCUT2D eigenvalue weighted by molar-refractivity contribution is 5.94. The molecule has 0 aliphatic carbocycles. The van der Waals surface area contributed by atoms with Crippen LogP contribution in [0.25, 0.3) is 0 Å². The molecule has 30 heavy (non-hydrogen) atoms. The summed E-state index contributed by atoms with van der Waals surface area (Å²) in [6, 6.07) is 7.26. The van der Waals surface area contributed by atoms with Gasteiger partial charge in [-0.15, -0.1) is 0 Å². The van der Waals surface area contributed by atoms with E-state index >= 15 is 0 Å². The number of rotatable bonds is 4. The van der Waals surface area contributed by atoms with E-state index in [0.717, 1.165) is 31.5 Å². The van der Waals surface area contributed by atoms with Gasteiger partial charge in [0, 0.05) is 31.7 Å². The Kier molecular flexibility index (Phi) is 7.00. The number of amides is 2. The van der Waals surface area contributed by atoms with Crippen LogP contribution in [0.2, 0.25) is 0 Å². The van der Waals surface area contributed by atoms with Crippen LogP contribution < -0.4 is 0 Å². The number of hydrogen-bond acceptors (Lipinski definition) is 5.